The molecule has 0 bridgehead atoms. The third-order valence-corrected chi connectivity index (χ3v) is 6.07. The first-order chi connectivity index (χ1) is 12.7. The third-order valence-electron chi connectivity index (χ3n) is 4.42. The van der Waals surface area contributed by atoms with Gasteiger partial charge in [0, 0.05) is 37.9 Å². The van der Waals surface area contributed by atoms with Gasteiger partial charge in [0.25, 0.3) is 11.8 Å². The Morgan fingerprint density at radius 3 is 2.35 bits per heavy atom. The summed E-state index contributed by atoms with van der Waals surface area (Å²) in [5.74, 6) is 0.0684. The van der Waals surface area contributed by atoms with E-state index in [2.05, 4.69) is 4.37 Å². The number of nitrogens with zero attached hydrogens (tertiary/aromatic N) is 3. The summed E-state index contributed by atoms with van der Waals surface area (Å²) in [6.45, 7) is 2.25. The molecule has 0 radical (unpaired) electrons. The van der Waals surface area contributed by atoms with Crippen LogP contribution in [0.5, 0.6) is 0 Å². The fourth-order valence-corrected chi connectivity index (χ4v) is 4.30. The van der Waals surface area contributed by atoms with Gasteiger partial charge in [0.05, 0.1) is 9.75 Å². The van der Waals surface area contributed by atoms with E-state index in [9.17, 15) is 9.59 Å². The molecule has 0 unspecified atom stereocenters. The van der Waals surface area contributed by atoms with Gasteiger partial charge < -0.3 is 9.80 Å². The van der Waals surface area contributed by atoms with Crippen molar-refractivity contribution >= 4 is 34.7 Å². The maximum atomic E-state index is 12.8. The molecule has 132 valence electrons. The maximum absolute atomic E-state index is 12.8. The lowest BCUT2D eigenvalue weighted by atomic mass is 10.1. The van der Waals surface area contributed by atoms with Gasteiger partial charge in [0.2, 0.25) is 0 Å². The van der Waals surface area contributed by atoms with Crippen LogP contribution in [0.25, 0.3) is 10.4 Å². The minimum Gasteiger partial charge on any atom is -0.335 e. The Bertz CT molecular complexity index is 899. The predicted molar refractivity (Wildman–Crippen MR) is 104 cm³/mol. The Morgan fingerprint density at radius 2 is 1.69 bits per heavy atom. The molecule has 26 heavy (non-hydrogen) atoms. The molecule has 0 saturated carbocycles. The second-order valence-electron chi connectivity index (χ2n) is 6.02. The zero-order valence-electron chi connectivity index (χ0n) is 14.0. The fourth-order valence-electron chi connectivity index (χ4n) is 3.02. The van der Waals surface area contributed by atoms with E-state index in [1.165, 1.54) is 22.9 Å². The molecule has 3 aromatic rings. The molecule has 1 saturated heterocycles. The molecule has 1 aliphatic heterocycles. The SMILES string of the molecule is O=C(c1cccc(-c2ccns2)c1)N1CCN(C(=O)c2cccs2)CC1. The van der Waals surface area contributed by atoms with Crippen molar-refractivity contribution in [2.75, 3.05) is 26.2 Å². The molecule has 1 aliphatic rings. The van der Waals surface area contributed by atoms with Crippen LogP contribution in [-0.4, -0.2) is 52.2 Å². The molecule has 0 atom stereocenters. The number of rotatable bonds is 3. The Kier molecular flexibility index (Phi) is 4.81. The normalized spacial score (nSPS) is 14.5. The van der Waals surface area contributed by atoms with Crippen molar-refractivity contribution < 1.29 is 9.59 Å². The largest absolute Gasteiger partial charge is 0.335 e. The molecule has 0 N–H and O–H groups in total. The average Bonchev–Trinajstić information content (AvgIpc) is 3.41. The van der Waals surface area contributed by atoms with Crippen molar-refractivity contribution in [1.29, 1.82) is 0 Å². The highest BCUT2D eigenvalue weighted by Crippen LogP contribution is 2.24. The van der Waals surface area contributed by atoms with E-state index in [0.29, 0.717) is 31.7 Å². The number of carbonyl (C=O) groups is 2. The van der Waals surface area contributed by atoms with E-state index < -0.39 is 0 Å². The van der Waals surface area contributed by atoms with Gasteiger partial charge in [-0.1, -0.05) is 18.2 Å². The van der Waals surface area contributed by atoms with Crippen LogP contribution in [0.15, 0.2) is 54.0 Å². The first kappa shape index (κ1) is 16.9. The van der Waals surface area contributed by atoms with Crippen LogP contribution in [0.4, 0.5) is 0 Å². The highest BCUT2D eigenvalue weighted by molar-refractivity contribution is 7.12. The molecule has 0 spiro atoms. The minimum atomic E-state index is 0.0135. The maximum Gasteiger partial charge on any atom is 0.264 e. The second kappa shape index (κ2) is 7.39. The van der Waals surface area contributed by atoms with Crippen LogP contribution in [0, 0.1) is 0 Å². The molecule has 1 aromatic carbocycles. The summed E-state index contributed by atoms with van der Waals surface area (Å²) >= 11 is 2.87. The molecule has 2 aromatic heterocycles. The standard InChI is InChI=1S/C19H17N3O2S2/c23-18(15-4-1-3-14(13-15)16-6-7-20-26-16)21-8-10-22(11-9-21)19(24)17-5-2-12-25-17/h1-7,12-13H,8-11H2. The number of hydrogen-bond donors (Lipinski definition) is 0. The third kappa shape index (κ3) is 3.40. The number of amides is 2. The first-order valence-electron chi connectivity index (χ1n) is 8.35. The molecule has 2 amide bonds. The summed E-state index contributed by atoms with van der Waals surface area (Å²) in [5, 5.41) is 1.91. The Hall–Kier alpha value is -2.51. The quantitative estimate of drug-likeness (QED) is 0.696. The number of carbonyl (C=O) groups excluding carboxylic acids is 2. The summed E-state index contributed by atoms with van der Waals surface area (Å²) < 4.78 is 4.12. The van der Waals surface area contributed by atoms with Crippen molar-refractivity contribution in [2.45, 2.75) is 0 Å². The van der Waals surface area contributed by atoms with Crippen molar-refractivity contribution in [3.8, 4) is 10.4 Å². The van der Waals surface area contributed by atoms with Gasteiger partial charge in [-0.15, -0.1) is 11.3 Å². The number of thiophene rings is 1. The van der Waals surface area contributed by atoms with E-state index >= 15 is 0 Å². The van der Waals surface area contributed by atoms with E-state index in [1.54, 1.807) is 6.20 Å². The number of piperazine rings is 1. The van der Waals surface area contributed by atoms with E-state index in [0.717, 1.165) is 15.3 Å². The molecule has 5 nitrogen and oxygen atoms in total. The smallest absolute Gasteiger partial charge is 0.264 e. The Balaban J connectivity index is 1.42. The van der Waals surface area contributed by atoms with Crippen LogP contribution >= 0.6 is 22.9 Å². The summed E-state index contributed by atoms with van der Waals surface area (Å²) in [7, 11) is 0. The lowest BCUT2D eigenvalue weighted by Gasteiger charge is -2.34. The van der Waals surface area contributed by atoms with Crippen LogP contribution < -0.4 is 0 Å². The number of benzene rings is 1. The molecule has 3 heterocycles. The van der Waals surface area contributed by atoms with E-state index in [4.69, 9.17) is 0 Å². The topological polar surface area (TPSA) is 53.5 Å². The van der Waals surface area contributed by atoms with Gasteiger partial charge in [-0.05, 0) is 46.7 Å². The summed E-state index contributed by atoms with van der Waals surface area (Å²) in [4.78, 5) is 30.7. The lowest BCUT2D eigenvalue weighted by Crippen LogP contribution is -2.50. The molecule has 0 aliphatic carbocycles. The molecular formula is C19H17N3O2S2. The van der Waals surface area contributed by atoms with Gasteiger partial charge >= 0.3 is 0 Å². The Morgan fingerprint density at radius 1 is 0.923 bits per heavy atom. The van der Waals surface area contributed by atoms with Crippen LogP contribution in [-0.2, 0) is 0 Å². The Labute approximate surface area is 159 Å². The van der Waals surface area contributed by atoms with Crippen LogP contribution in [0.1, 0.15) is 20.0 Å². The number of hydrogen-bond acceptors (Lipinski definition) is 5. The summed E-state index contributed by atoms with van der Waals surface area (Å²) in [5.41, 5.74) is 1.68. The summed E-state index contributed by atoms with van der Waals surface area (Å²) in [6, 6.07) is 13.3. The monoisotopic (exact) mass is 383 g/mol. The average molecular weight is 383 g/mol. The zero-order valence-corrected chi connectivity index (χ0v) is 15.6. The van der Waals surface area contributed by atoms with Gasteiger partial charge in [-0.3, -0.25) is 9.59 Å². The second-order valence-corrected chi connectivity index (χ2v) is 7.80. The zero-order chi connectivity index (χ0) is 17.9. The van der Waals surface area contributed by atoms with Gasteiger partial charge in [0.1, 0.15) is 0 Å². The highest BCUT2D eigenvalue weighted by Gasteiger charge is 2.26. The molecule has 7 heteroatoms. The highest BCUT2D eigenvalue weighted by atomic mass is 32.1. The molecule has 1 fully saturated rings. The van der Waals surface area contributed by atoms with E-state index in [1.807, 2.05) is 57.6 Å². The lowest BCUT2D eigenvalue weighted by molar-refractivity contribution is 0.0538. The van der Waals surface area contributed by atoms with Crippen molar-refractivity contribution in [1.82, 2.24) is 14.2 Å². The predicted octanol–water partition coefficient (Wildman–Crippen LogP) is 3.47. The van der Waals surface area contributed by atoms with Gasteiger partial charge in [-0.25, -0.2) is 4.37 Å². The van der Waals surface area contributed by atoms with Crippen LogP contribution in [0.2, 0.25) is 0 Å². The van der Waals surface area contributed by atoms with Crippen molar-refractivity contribution in [2.24, 2.45) is 0 Å². The molecular weight excluding hydrogens is 366 g/mol. The van der Waals surface area contributed by atoms with Crippen molar-refractivity contribution in [3.05, 3.63) is 64.5 Å². The minimum absolute atomic E-state index is 0.0135. The van der Waals surface area contributed by atoms with Crippen molar-refractivity contribution in [3.63, 3.8) is 0 Å². The van der Waals surface area contributed by atoms with Gasteiger partial charge in [0.15, 0.2) is 0 Å². The first-order valence-corrected chi connectivity index (χ1v) is 10.0. The van der Waals surface area contributed by atoms with E-state index in [-0.39, 0.29) is 11.8 Å². The summed E-state index contributed by atoms with van der Waals surface area (Å²) in [6.07, 6.45) is 1.76. The van der Waals surface area contributed by atoms with Gasteiger partial charge in [-0.2, -0.15) is 0 Å². The number of aromatic nitrogens is 1. The molecule has 4 rings (SSSR count). The van der Waals surface area contributed by atoms with Crippen LogP contribution in [0.3, 0.4) is 0 Å². The fraction of sp³-hybridized carbons (Fsp3) is 0.211.